The Bertz CT molecular complexity index is 558. The molecule has 2 amide bonds. The zero-order chi connectivity index (χ0) is 15.3. The smallest absolute Gasteiger partial charge is 0.404 e. The van der Waals surface area contributed by atoms with E-state index in [1.807, 2.05) is 6.92 Å². The number of hydrogen-bond acceptors (Lipinski definition) is 5. The molecule has 3 N–H and O–H groups in total. The van der Waals surface area contributed by atoms with Gasteiger partial charge in [0.2, 0.25) is 5.91 Å². The number of rotatable bonds is 4. The van der Waals surface area contributed by atoms with Crippen molar-refractivity contribution in [3.63, 3.8) is 0 Å². The molecule has 2 fully saturated rings. The van der Waals surface area contributed by atoms with Crippen LogP contribution in [0.1, 0.15) is 13.3 Å². The van der Waals surface area contributed by atoms with Crippen LogP contribution in [0.15, 0.2) is 11.3 Å². The number of likely N-dealkylation sites (N-methyl/N-ethyl adjacent to an activating group) is 1. The average Bonchev–Trinajstić information content (AvgIpc) is 2.78. The predicted octanol–water partition coefficient (Wildman–Crippen LogP) is -0.645. The van der Waals surface area contributed by atoms with Gasteiger partial charge in [0.15, 0.2) is 0 Å². The molecule has 114 valence electrons. The molecule has 3 atom stereocenters. The van der Waals surface area contributed by atoms with E-state index in [1.54, 1.807) is 0 Å². The number of ether oxygens (including phenoxy) is 1. The van der Waals surface area contributed by atoms with Gasteiger partial charge in [-0.25, -0.2) is 9.59 Å². The van der Waals surface area contributed by atoms with E-state index in [0.717, 1.165) is 13.1 Å². The Labute approximate surface area is 121 Å². The van der Waals surface area contributed by atoms with Crippen LogP contribution in [0.4, 0.5) is 4.79 Å². The van der Waals surface area contributed by atoms with Gasteiger partial charge in [0.1, 0.15) is 18.3 Å². The van der Waals surface area contributed by atoms with Gasteiger partial charge in [-0.3, -0.25) is 14.6 Å². The minimum Gasteiger partial charge on any atom is -0.477 e. The molecule has 21 heavy (non-hydrogen) atoms. The number of hydrogen-bond donors (Lipinski definition) is 2. The first-order valence-electron chi connectivity index (χ1n) is 6.90. The molecule has 0 bridgehead atoms. The number of carbonyl (C=O) groups is 3. The van der Waals surface area contributed by atoms with Gasteiger partial charge >= 0.3 is 12.1 Å². The number of aliphatic carboxylic acids is 1. The second-order valence-electron chi connectivity index (χ2n) is 5.56. The summed E-state index contributed by atoms with van der Waals surface area (Å²) < 4.78 is 4.73. The summed E-state index contributed by atoms with van der Waals surface area (Å²) >= 11 is 0. The largest absolute Gasteiger partial charge is 0.477 e. The number of nitrogens with zero attached hydrogens (tertiary/aromatic N) is 2. The first-order chi connectivity index (χ1) is 9.95. The highest BCUT2D eigenvalue weighted by Gasteiger charge is 2.62. The third-order valence-electron chi connectivity index (χ3n) is 4.54. The predicted molar refractivity (Wildman–Crippen MR) is 70.0 cm³/mol. The fraction of sp³-hybridized carbons (Fsp3) is 0.615. The number of β-lactam (4-membered cyclic amide) rings is 1. The monoisotopic (exact) mass is 295 g/mol. The Morgan fingerprint density at radius 3 is 2.76 bits per heavy atom. The fourth-order valence-electron chi connectivity index (χ4n) is 3.75. The minimum atomic E-state index is -1.17. The summed E-state index contributed by atoms with van der Waals surface area (Å²) in [6.45, 7) is 3.31. The molecule has 8 nitrogen and oxygen atoms in total. The fourth-order valence-corrected chi connectivity index (χ4v) is 3.75. The van der Waals surface area contributed by atoms with Crippen molar-refractivity contribution >= 4 is 18.0 Å². The SMILES string of the molecule is CCN1C[C@H]2CC(COC(N)=O)=C(C(=O)O)N3C(=O)[C@@H]1[C@@H]23. The van der Waals surface area contributed by atoms with Crippen molar-refractivity contribution in [2.24, 2.45) is 11.7 Å². The average molecular weight is 295 g/mol. The maximum Gasteiger partial charge on any atom is 0.404 e. The molecular weight excluding hydrogens is 278 g/mol. The Kier molecular flexibility index (Phi) is 3.12. The van der Waals surface area contributed by atoms with Crippen LogP contribution in [0.3, 0.4) is 0 Å². The lowest BCUT2D eigenvalue weighted by Crippen LogP contribution is -2.69. The van der Waals surface area contributed by atoms with Crippen LogP contribution in [0, 0.1) is 5.92 Å². The van der Waals surface area contributed by atoms with Gasteiger partial charge in [-0.2, -0.15) is 0 Å². The zero-order valence-electron chi connectivity index (χ0n) is 11.6. The summed E-state index contributed by atoms with van der Waals surface area (Å²) in [6, 6.07) is -0.270. The molecule has 3 aliphatic heterocycles. The van der Waals surface area contributed by atoms with Gasteiger partial charge in [-0.1, -0.05) is 6.92 Å². The van der Waals surface area contributed by atoms with Crippen molar-refractivity contribution in [2.75, 3.05) is 19.7 Å². The van der Waals surface area contributed by atoms with E-state index in [1.165, 1.54) is 4.90 Å². The van der Waals surface area contributed by atoms with Crippen molar-refractivity contribution < 1.29 is 24.2 Å². The lowest BCUT2D eigenvalue weighted by molar-refractivity contribution is -0.157. The molecule has 0 radical (unpaired) electrons. The van der Waals surface area contributed by atoms with Crippen LogP contribution in [0.2, 0.25) is 0 Å². The molecule has 0 unspecified atom stereocenters. The van der Waals surface area contributed by atoms with Crippen molar-refractivity contribution in [1.29, 1.82) is 0 Å². The van der Waals surface area contributed by atoms with Gasteiger partial charge in [-0.15, -0.1) is 0 Å². The minimum absolute atomic E-state index is 0.0447. The van der Waals surface area contributed by atoms with Crippen LogP contribution < -0.4 is 5.73 Å². The molecule has 0 aliphatic carbocycles. The van der Waals surface area contributed by atoms with Crippen molar-refractivity contribution in [3.8, 4) is 0 Å². The number of carboxylic acid groups (broad SMARTS) is 1. The third-order valence-corrected chi connectivity index (χ3v) is 4.54. The normalized spacial score (nSPS) is 31.0. The van der Waals surface area contributed by atoms with E-state index in [2.05, 4.69) is 4.90 Å². The van der Waals surface area contributed by atoms with Gasteiger partial charge in [0.05, 0.1) is 6.04 Å². The summed E-state index contributed by atoms with van der Waals surface area (Å²) in [5, 5.41) is 9.39. The highest BCUT2D eigenvalue weighted by atomic mass is 16.5. The number of carboxylic acids is 1. The molecule has 0 aromatic rings. The second-order valence-corrected chi connectivity index (χ2v) is 5.56. The molecule has 8 heteroatoms. The Hall–Kier alpha value is -2.09. The molecule has 2 saturated heterocycles. The molecule has 0 saturated carbocycles. The van der Waals surface area contributed by atoms with Crippen molar-refractivity contribution in [2.45, 2.75) is 25.4 Å². The second kappa shape index (κ2) is 4.73. The molecule has 3 rings (SSSR count). The third kappa shape index (κ3) is 1.90. The summed E-state index contributed by atoms with van der Waals surface area (Å²) in [4.78, 5) is 37.9. The highest BCUT2D eigenvalue weighted by molar-refractivity contribution is 6.00. The lowest BCUT2D eigenvalue weighted by Gasteiger charge is -2.50. The Balaban J connectivity index is 1.92. The van der Waals surface area contributed by atoms with Gasteiger partial charge < -0.3 is 15.6 Å². The summed E-state index contributed by atoms with van der Waals surface area (Å²) in [7, 11) is 0. The van der Waals surface area contributed by atoms with E-state index >= 15 is 0 Å². The van der Waals surface area contributed by atoms with E-state index in [-0.39, 0.29) is 36.2 Å². The lowest BCUT2D eigenvalue weighted by atomic mass is 9.79. The Morgan fingerprint density at radius 2 is 2.19 bits per heavy atom. The number of nitrogens with two attached hydrogens (primary N) is 1. The molecule has 0 aromatic carbocycles. The van der Waals surface area contributed by atoms with Crippen LogP contribution in [0.5, 0.6) is 0 Å². The van der Waals surface area contributed by atoms with E-state index < -0.39 is 12.1 Å². The number of primary amides is 1. The first-order valence-corrected chi connectivity index (χ1v) is 6.90. The summed E-state index contributed by atoms with van der Waals surface area (Å²) in [5.41, 5.74) is 5.34. The van der Waals surface area contributed by atoms with Gasteiger partial charge in [0.25, 0.3) is 0 Å². The van der Waals surface area contributed by atoms with Crippen LogP contribution in [-0.2, 0) is 14.3 Å². The highest BCUT2D eigenvalue weighted by Crippen LogP contribution is 2.46. The maximum atomic E-state index is 12.3. The molecule has 3 aliphatic rings. The molecule has 0 aromatic heterocycles. The quantitative estimate of drug-likeness (QED) is 0.667. The van der Waals surface area contributed by atoms with Gasteiger partial charge in [0, 0.05) is 6.54 Å². The summed E-state index contributed by atoms with van der Waals surface area (Å²) in [5.74, 6) is -1.17. The standard InChI is InChI=1S/C13H17N3O5/c1-2-15-4-6-3-7(5-21-13(14)20)9(12(18)19)16-8(6)10(15)11(16)17/h6,8,10H,2-5H2,1H3,(H2,14,20)(H,18,19)/t6-,8-,10+/m1/s1. The van der Waals surface area contributed by atoms with Crippen molar-refractivity contribution in [3.05, 3.63) is 11.3 Å². The maximum absolute atomic E-state index is 12.3. The first kappa shape index (κ1) is 13.9. The summed E-state index contributed by atoms with van der Waals surface area (Å²) in [6.07, 6.45) is -0.445. The number of likely N-dealkylation sites (tertiary alicyclic amines) is 1. The molecule has 0 spiro atoms. The van der Waals surface area contributed by atoms with Crippen LogP contribution >= 0.6 is 0 Å². The molecule has 3 heterocycles. The topological polar surface area (TPSA) is 113 Å². The van der Waals surface area contributed by atoms with E-state index in [0.29, 0.717) is 12.0 Å². The van der Waals surface area contributed by atoms with Gasteiger partial charge in [-0.05, 0) is 24.5 Å². The Morgan fingerprint density at radius 1 is 1.48 bits per heavy atom. The number of carbonyl (C=O) groups excluding carboxylic acids is 2. The number of amides is 2. The van der Waals surface area contributed by atoms with E-state index in [4.69, 9.17) is 10.5 Å². The molecular formula is C13H17N3O5. The van der Waals surface area contributed by atoms with Crippen LogP contribution in [-0.4, -0.2) is 64.7 Å². The van der Waals surface area contributed by atoms with Crippen molar-refractivity contribution in [1.82, 2.24) is 9.80 Å². The van der Waals surface area contributed by atoms with Crippen LogP contribution in [0.25, 0.3) is 0 Å². The zero-order valence-corrected chi connectivity index (χ0v) is 11.6. The van der Waals surface area contributed by atoms with E-state index in [9.17, 15) is 19.5 Å².